The summed E-state index contributed by atoms with van der Waals surface area (Å²) in [6, 6.07) is 4.64. The zero-order valence-corrected chi connectivity index (χ0v) is 20.6. The summed E-state index contributed by atoms with van der Waals surface area (Å²) < 4.78 is 26.7. The van der Waals surface area contributed by atoms with E-state index in [0.29, 0.717) is 35.3 Å². The molecule has 4 saturated heterocycles. The van der Waals surface area contributed by atoms with Crippen molar-refractivity contribution in [1.29, 1.82) is 0 Å². The van der Waals surface area contributed by atoms with E-state index in [1.165, 1.54) is 17.8 Å². The maximum absolute atomic E-state index is 13.7. The number of halogens is 1. The van der Waals surface area contributed by atoms with E-state index >= 15 is 0 Å². The molecule has 8 atom stereocenters. The predicted molar refractivity (Wildman–Crippen MR) is 123 cm³/mol. The van der Waals surface area contributed by atoms with Crippen LogP contribution < -0.4 is 5.32 Å². The van der Waals surface area contributed by atoms with Crippen molar-refractivity contribution in [2.24, 2.45) is 23.7 Å². The summed E-state index contributed by atoms with van der Waals surface area (Å²) in [5.74, 6) is 0.156. The highest BCUT2D eigenvalue weighted by atomic mass is 32.2. The van der Waals surface area contributed by atoms with E-state index in [0.717, 1.165) is 25.7 Å². The van der Waals surface area contributed by atoms with Gasteiger partial charge in [-0.15, -0.1) is 11.8 Å². The molecule has 8 heteroatoms. The normalized spacial score (nSPS) is 41.8. The zero-order chi connectivity index (χ0) is 23.4. The Kier molecular flexibility index (Phi) is 6.27. The highest BCUT2D eigenvalue weighted by Gasteiger charge is 2.69. The highest BCUT2D eigenvalue weighted by Crippen LogP contribution is 2.60. The number of ether oxygens (including phenoxy) is 2. The first-order chi connectivity index (χ1) is 15.8. The number of thioether (sulfide) groups is 1. The largest absolute Gasteiger partial charge is 0.346 e. The summed E-state index contributed by atoms with van der Waals surface area (Å²) in [5.41, 5.74) is 0.0306. The Hall–Kier alpha value is -1.19. The Morgan fingerprint density at radius 2 is 2.03 bits per heavy atom. The Labute approximate surface area is 199 Å². The van der Waals surface area contributed by atoms with Gasteiger partial charge >= 0.3 is 0 Å². The maximum atomic E-state index is 13.7. The lowest BCUT2D eigenvalue weighted by molar-refractivity contribution is -0.571. The van der Waals surface area contributed by atoms with Crippen LogP contribution in [0.15, 0.2) is 23.1 Å². The van der Waals surface area contributed by atoms with Gasteiger partial charge < -0.3 is 14.8 Å². The summed E-state index contributed by atoms with van der Waals surface area (Å²) in [7, 11) is 0. The van der Waals surface area contributed by atoms with Crippen molar-refractivity contribution in [2.45, 2.75) is 88.0 Å². The standard InChI is InChI=1S/C25H34FNO5S/c1-14-5-7-18-15(2)20(9-10-22(28)27-16-6-8-19(26)21(13-16)33-4)29-23-25(18)17(14)11-12-24(3,30-23)31-32-25/h6,8,13-15,17-18,20,23H,5,7,9-12H2,1-4H3,(H,27,28)/t14-,15-,17+,18+,20-,23-,24-,25-/m1/s1. The quantitative estimate of drug-likeness (QED) is 0.443. The van der Waals surface area contributed by atoms with Crippen LogP contribution in [0.2, 0.25) is 0 Å². The average Bonchev–Trinajstić information content (AvgIpc) is 3.02. The second-order valence-corrected chi connectivity index (χ2v) is 11.2. The Balaban J connectivity index is 1.29. The molecule has 33 heavy (non-hydrogen) atoms. The lowest BCUT2D eigenvalue weighted by atomic mass is 9.57. The van der Waals surface area contributed by atoms with Gasteiger partial charge in [0.2, 0.25) is 11.7 Å². The molecule has 4 heterocycles. The van der Waals surface area contributed by atoms with E-state index in [-0.39, 0.29) is 29.7 Å². The molecular weight excluding hydrogens is 445 g/mol. The monoisotopic (exact) mass is 479 g/mol. The number of rotatable bonds is 5. The fourth-order valence-electron chi connectivity index (χ4n) is 6.54. The van der Waals surface area contributed by atoms with E-state index in [4.69, 9.17) is 19.2 Å². The Morgan fingerprint density at radius 3 is 2.82 bits per heavy atom. The van der Waals surface area contributed by atoms with Crippen LogP contribution in [0.1, 0.15) is 59.3 Å². The third kappa shape index (κ3) is 4.01. The van der Waals surface area contributed by atoms with Crippen LogP contribution in [-0.4, -0.2) is 35.9 Å². The van der Waals surface area contributed by atoms with Crippen molar-refractivity contribution in [2.75, 3.05) is 11.6 Å². The molecule has 6 rings (SSSR count). The molecule has 1 aliphatic carbocycles. The van der Waals surface area contributed by atoms with Gasteiger partial charge in [-0.3, -0.25) is 4.79 Å². The van der Waals surface area contributed by atoms with Gasteiger partial charge in [0, 0.05) is 29.3 Å². The number of hydrogen-bond acceptors (Lipinski definition) is 6. The molecule has 1 N–H and O–H groups in total. The number of hydrogen-bond donors (Lipinski definition) is 1. The van der Waals surface area contributed by atoms with Crippen molar-refractivity contribution in [3.8, 4) is 0 Å². The van der Waals surface area contributed by atoms with Gasteiger partial charge in [0.05, 0.1) is 6.10 Å². The van der Waals surface area contributed by atoms with E-state index < -0.39 is 17.7 Å². The number of fused-ring (bicyclic) bond motifs is 2. The molecule has 0 radical (unpaired) electrons. The molecule has 0 unspecified atom stereocenters. The number of amides is 1. The minimum absolute atomic E-state index is 0.102. The molecule has 182 valence electrons. The first-order valence-electron chi connectivity index (χ1n) is 12.1. The number of carbonyl (C=O) groups excluding carboxylic acids is 1. The van der Waals surface area contributed by atoms with E-state index in [1.54, 1.807) is 12.1 Å². The molecule has 1 saturated carbocycles. The van der Waals surface area contributed by atoms with Crippen LogP contribution in [0.25, 0.3) is 0 Å². The molecule has 2 bridgehead atoms. The zero-order valence-electron chi connectivity index (χ0n) is 19.8. The molecule has 0 aromatic heterocycles. The average molecular weight is 480 g/mol. The second kappa shape index (κ2) is 8.79. The van der Waals surface area contributed by atoms with Crippen LogP contribution in [-0.2, 0) is 24.0 Å². The maximum Gasteiger partial charge on any atom is 0.224 e. The van der Waals surface area contributed by atoms with E-state index in [2.05, 4.69) is 19.2 Å². The Morgan fingerprint density at radius 1 is 1.21 bits per heavy atom. The smallest absolute Gasteiger partial charge is 0.224 e. The van der Waals surface area contributed by atoms with Crippen LogP contribution >= 0.6 is 11.8 Å². The van der Waals surface area contributed by atoms with E-state index in [9.17, 15) is 9.18 Å². The van der Waals surface area contributed by atoms with Crippen molar-refractivity contribution in [1.82, 2.24) is 0 Å². The summed E-state index contributed by atoms with van der Waals surface area (Å²) in [6.45, 7) is 6.43. The fourth-order valence-corrected chi connectivity index (χ4v) is 7.05. The van der Waals surface area contributed by atoms with Gasteiger partial charge in [-0.25, -0.2) is 14.2 Å². The molecule has 5 aliphatic rings. The fraction of sp³-hybridized carbons (Fsp3) is 0.720. The second-order valence-electron chi connectivity index (χ2n) is 10.4. The number of carbonyl (C=O) groups is 1. The van der Waals surface area contributed by atoms with Crippen molar-refractivity contribution in [3.05, 3.63) is 24.0 Å². The van der Waals surface area contributed by atoms with Gasteiger partial charge in [0.25, 0.3) is 0 Å². The third-order valence-electron chi connectivity index (χ3n) is 8.39. The SMILES string of the molecule is CSc1cc(NC(=O)CC[C@H]2O[C@@H]3O[C@@]4(C)CC[C@H]5[C@H](C)CC[C@@H]([C@H]2C)[C@@]35OO4)ccc1F. The summed E-state index contributed by atoms with van der Waals surface area (Å²) in [4.78, 5) is 25.2. The third-order valence-corrected chi connectivity index (χ3v) is 9.14. The lowest BCUT2D eigenvalue weighted by Gasteiger charge is -2.60. The summed E-state index contributed by atoms with van der Waals surface area (Å²) in [5, 5.41) is 2.90. The first kappa shape index (κ1) is 23.5. The first-order valence-corrected chi connectivity index (χ1v) is 13.3. The van der Waals surface area contributed by atoms with Gasteiger partial charge in [0.15, 0.2) is 11.9 Å². The van der Waals surface area contributed by atoms with Gasteiger partial charge in [-0.2, -0.15) is 0 Å². The molecule has 4 aliphatic heterocycles. The Bertz CT molecular complexity index is 917. The number of nitrogens with one attached hydrogen (secondary N) is 1. The topological polar surface area (TPSA) is 66.0 Å². The molecule has 6 nitrogen and oxygen atoms in total. The number of anilines is 1. The molecule has 5 fully saturated rings. The predicted octanol–water partition coefficient (Wildman–Crippen LogP) is 5.52. The molecule has 1 aromatic rings. The molecule has 1 amide bonds. The molecule has 1 aromatic carbocycles. The molecular formula is C25H34FNO5S. The number of benzene rings is 1. The van der Waals surface area contributed by atoms with E-state index in [1.807, 2.05) is 13.2 Å². The van der Waals surface area contributed by atoms with Crippen LogP contribution in [0.3, 0.4) is 0 Å². The van der Waals surface area contributed by atoms with Crippen molar-refractivity contribution >= 4 is 23.4 Å². The minimum atomic E-state index is -0.794. The van der Waals surface area contributed by atoms with Gasteiger partial charge in [-0.05, 0) is 74.8 Å². The van der Waals surface area contributed by atoms with Crippen LogP contribution in [0, 0.1) is 29.5 Å². The van der Waals surface area contributed by atoms with Gasteiger partial charge in [-0.1, -0.05) is 13.8 Å². The van der Waals surface area contributed by atoms with Crippen LogP contribution in [0.5, 0.6) is 0 Å². The summed E-state index contributed by atoms with van der Waals surface area (Å²) in [6.07, 6.45) is 6.12. The van der Waals surface area contributed by atoms with Crippen molar-refractivity contribution < 1.29 is 28.4 Å². The summed E-state index contributed by atoms with van der Waals surface area (Å²) >= 11 is 1.32. The van der Waals surface area contributed by atoms with Crippen molar-refractivity contribution in [3.63, 3.8) is 0 Å². The molecule has 1 spiro atoms. The minimum Gasteiger partial charge on any atom is -0.346 e. The highest BCUT2D eigenvalue weighted by molar-refractivity contribution is 7.98. The lowest BCUT2D eigenvalue weighted by Crippen LogP contribution is -2.70. The van der Waals surface area contributed by atoms with Gasteiger partial charge in [0.1, 0.15) is 5.82 Å². The van der Waals surface area contributed by atoms with Crippen LogP contribution in [0.4, 0.5) is 10.1 Å².